The van der Waals surface area contributed by atoms with E-state index >= 15 is 0 Å². The third-order valence-corrected chi connectivity index (χ3v) is 3.41. The lowest BCUT2D eigenvalue weighted by Crippen LogP contribution is -2.31. The second-order valence-electron chi connectivity index (χ2n) is 4.99. The Hall–Kier alpha value is -2.53. The van der Waals surface area contributed by atoms with Crippen LogP contribution in [0, 0.1) is 0 Å². The van der Waals surface area contributed by atoms with Crippen molar-refractivity contribution in [2.24, 2.45) is 0 Å². The van der Waals surface area contributed by atoms with Crippen LogP contribution in [0.5, 0.6) is 11.5 Å². The van der Waals surface area contributed by atoms with Crippen LogP contribution >= 0.6 is 0 Å². The molecule has 5 heteroatoms. The van der Waals surface area contributed by atoms with Gasteiger partial charge in [0.15, 0.2) is 11.5 Å². The van der Waals surface area contributed by atoms with E-state index < -0.39 is 0 Å². The maximum atomic E-state index is 12.1. The second kappa shape index (κ2) is 8.80. The normalized spacial score (nSPS) is 10.2. The van der Waals surface area contributed by atoms with Gasteiger partial charge in [-0.1, -0.05) is 30.3 Å². The van der Waals surface area contributed by atoms with Gasteiger partial charge in [0.05, 0.1) is 14.2 Å². The monoisotopic (exact) mass is 314 g/mol. The van der Waals surface area contributed by atoms with Crippen LogP contribution in [0.15, 0.2) is 48.5 Å². The van der Waals surface area contributed by atoms with Crippen molar-refractivity contribution >= 4 is 5.91 Å². The minimum atomic E-state index is -0.132. The number of nitrogens with one attached hydrogen (secondary N) is 2. The van der Waals surface area contributed by atoms with E-state index in [-0.39, 0.29) is 5.91 Å². The molecule has 5 nitrogen and oxygen atoms in total. The van der Waals surface area contributed by atoms with Crippen LogP contribution in [-0.4, -0.2) is 33.2 Å². The fraction of sp³-hybridized carbons (Fsp3) is 0.278. The lowest BCUT2D eigenvalue weighted by molar-refractivity contribution is 0.0953. The molecule has 0 aliphatic rings. The summed E-state index contributed by atoms with van der Waals surface area (Å²) < 4.78 is 10.4. The molecule has 0 radical (unpaired) electrons. The van der Waals surface area contributed by atoms with Crippen molar-refractivity contribution in [1.82, 2.24) is 10.6 Å². The van der Waals surface area contributed by atoms with Crippen molar-refractivity contribution in [3.05, 3.63) is 59.7 Å². The third-order valence-electron chi connectivity index (χ3n) is 3.41. The molecule has 0 saturated heterocycles. The van der Waals surface area contributed by atoms with Crippen molar-refractivity contribution in [3.63, 3.8) is 0 Å². The molecular formula is C18H22N2O3. The van der Waals surface area contributed by atoms with Crippen LogP contribution in [0.1, 0.15) is 15.9 Å². The summed E-state index contributed by atoms with van der Waals surface area (Å²) >= 11 is 0. The molecule has 0 bridgehead atoms. The zero-order valence-electron chi connectivity index (χ0n) is 13.5. The molecule has 0 aliphatic carbocycles. The van der Waals surface area contributed by atoms with Gasteiger partial charge in [0.25, 0.3) is 5.91 Å². The fourth-order valence-corrected chi connectivity index (χ4v) is 2.17. The Morgan fingerprint density at radius 1 is 0.957 bits per heavy atom. The SMILES string of the molecule is COc1ccc(C(=O)NCCNCc2ccccc2)cc1OC. The van der Waals surface area contributed by atoms with Gasteiger partial charge < -0.3 is 20.1 Å². The van der Waals surface area contributed by atoms with Crippen LogP contribution in [0.3, 0.4) is 0 Å². The minimum absolute atomic E-state index is 0.132. The highest BCUT2D eigenvalue weighted by Crippen LogP contribution is 2.27. The molecule has 0 aromatic heterocycles. The standard InChI is InChI=1S/C18H22N2O3/c1-22-16-9-8-15(12-17(16)23-2)18(21)20-11-10-19-13-14-6-4-3-5-7-14/h3-9,12,19H,10-11,13H2,1-2H3,(H,20,21). The van der Waals surface area contributed by atoms with Gasteiger partial charge in [-0.05, 0) is 23.8 Å². The number of hydrogen-bond acceptors (Lipinski definition) is 4. The Balaban J connectivity index is 1.76. The topological polar surface area (TPSA) is 59.6 Å². The minimum Gasteiger partial charge on any atom is -0.493 e. The summed E-state index contributed by atoms with van der Waals surface area (Å²) in [5.41, 5.74) is 1.77. The number of carbonyl (C=O) groups excluding carboxylic acids is 1. The van der Waals surface area contributed by atoms with Crippen molar-refractivity contribution < 1.29 is 14.3 Å². The molecule has 2 aromatic rings. The molecule has 2 N–H and O–H groups in total. The van der Waals surface area contributed by atoms with Gasteiger partial charge in [0.1, 0.15) is 0 Å². The number of methoxy groups -OCH3 is 2. The molecule has 0 saturated carbocycles. The molecule has 2 rings (SSSR count). The Morgan fingerprint density at radius 3 is 2.39 bits per heavy atom. The highest BCUT2D eigenvalue weighted by Gasteiger charge is 2.10. The predicted octanol–water partition coefficient (Wildman–Crippen LogP) is 2.22. The Bertz CT molecular complexity index is 629. The molecule has 2 aromatic carbocycles. The summed E-state index contributed by atoms with van der Waals surface area (Å²) in [4.78, 5) is 12.1. The first-order valence-electron chi connectivity index (χ1n) is 7.49. The van der Waals surface area contributed by atoms with Gasteiger partial charge in [-0.2, -0.15) is 0 Å². The van der Waals surface area contributed by atoms with Gasteiger partial charge in [0, 0.05) is 25.2 Å². The first-order valence-corrected chi connectivity index (χ1v) is 7.49. The first kappa shape index (κ1) is 16.8. The molecule has 0 unspecified atom stereocenters. The van der Waals surface area contributed by atoms with Gasteiger partial charge in [-0.25, -0.2) is 0 Å². The van der Waals surface area contributed by atoms with Gasteiger partial charge in [0.2, 0.25) is 0 Å². The quantitative estimate of drug-likeness (QED) is 0.734. The zero-order chi connectivity index (χ0) is 16.5. The van der Waals surface area contributed by atoms with Crippen LogP contribution in [-0.2, 0) is 6.54 Å². The molecular weight excluding hydrogens is 292 g/mol. The summed E-state index contributed by atoms with van der Waals surface area (Å²) in [7, 11) is 3.11. The van der Waals surface area contributed by atoms with Crippen molar-refractivity contribution in [1.29, 1.82) is 0 Å². The van der Waals surface area contributed by atoms with Crippen molar-refractivity contribution in [2.45, 2.75) is 6.54 Å². The highest BCUT2D eigenvalue weighted by atomic mass is 16.5. The van der Waals surface area contributed by atoms with Crippen LogP contribution in [0.25, 0.3) is 0 Å². The van der Waals surface area contributed by atoms with E-state index in [1.807, 2.05) is 18.2 Å². The number of hydrogen-bond donors (Lipinski definition) is 2. The fourth-order valence-electron chi connectivity index (χ4n) is 2.17. The average Bonchev–Trinajstić information content (AvgIpc) is 2.61. The van der Waals surface area contributed by atoms with E-state index in [9.17, 15) is 4.79 Å². The van der Waals surface area contributed by atoms with E-state index in [1.165, 1.54) is 5.56 Å². The molecule has 0 aliphatic heterocycles. The Morgan fingerprint density at radius 2 is 1.70 bits per heavy atom. The summed E-state index contributed by atoms with van der Waals surface area (Å²) in [6.45, 7) is 2.04. The van der Waals surface area contributed by atoms with E-state index in [2.05, 4.69) is 22.8 Å². The molecule has 0 fully saturated rings. The van der Waals surface area contributed by atoms with Crippen molar-refractivity contribution in [3.8, 4) is 11.5 Å². The third kappa shape index (κ3) is 5.00. The van der Waals surface area contributed by atoms with Gasteiger partial charge >= 0.3 is 0 Å². The number of ether oxygens (including phenoxy) is 2. The average molecular weight is 314 g/mol. The second-order valence-corrected chi connectivity index (χ2v) is 4.99. The zero-order valence-corrected chi connectivity index (χ0v) is 13.5. The number of rotatable bonds is 8. The van der Waals surface area contributed by atoms with E-state index in [0.29, 0.717) is 30.2 Å². The summed E-state index contributed by atoms with van der Waals surface area (Å²) in [6, 6.07) is 15.3. The lowest BCUT2D eigenvalue weighted by Gasteiger charge is -2.10. The lowest BCUT2D eigenvalue weighted by atomic mass is 10.2. The summed E-state index contributed by atoms with van der Waals surface area (Å²) in [6.07, 6.45) is 0. The molecule has 0 spiro atoms. The molecule has 1 amide bonds. The largest absolute Gasteiger partial charge is 0.493 e. The molecule has 0 atom stereocenters. The van der Waals surface area contributed by atoms with Crippen LogP contribution in [0.4, 0.5) is 0 Å². The first-order chi connectivity index (χ1) is 11.2. The molecule has 0 heterocycles. The maximum Gasteiger partial charge on any atom is 0.251 e. The molecule has 122 valence electrons. The highest BCUT2D eigenvalue weighted by molar-refractivity contribution is 5.94. The van der Waals surface area contributed by atoms with E-state index in [4.69, 9.17) is 9.47 Å². The van der Waals surface area contributed by atoms with Crippen LogP contribution in [0.2, 0.25) is 0 Å². The van der Waals surface area contributed by atoms with Gasteiger partial charge in [-0.15, -0.1) is 0 Å². The Labute approximate surface area is 136 Å². The Kier molecular flexibility index (Phi) is 6.44. The van der Waals surface area contributed by atoms with E-state index in [1.54, 1.807) is 32.4 Å². The molecule has 23 heavy (non-hydrogen) atoms. The number of amides is 1. The van der Waals surface area contributed by atoms with Crippen molar-refractivity contribution in [2.75, 3.05) is 27.3 Å². The number of carbonyl (C=O) groups is 1. The van der Waals surface area contributed by atoms with E-state index in [0.717, 1.165) is 6.54 Å². The summed E-state index contributed by atoms with van der Waals surface area (Å²) in [5, 5.41) is 6.17. The number of benzene rings is 2. The maximum absolute atomic E-state index is 12.1. The predicted molar refractivity (Wildman–Crippen MR) is 90.0 cm³/mol. The van der Waals surface area contributed by atoms with Crippen LogP contribution < -0.4 is 20.1 Å². The smallest absolute Gasteiger partial charge is 0.251 e. The van der Waals surface area contributed by atoms with Gasteiger partial charge in [-0.3, -0.25) is 4.79 Å². The summed E-state index contributed by atoms with van der Waals surface area (Å²) in [5.74, 6) is 1.02.